The molecule has 104 valence electrons. The standard InChI is InChI=1S/C14H18BrFN2O/c1-18(14(19)9-17-12-3-4-12)7-6-10-8-11(15)2-5-13(10)16/h2,5,8,12,17H,3-4,6-7,9H2,1H3. The van der Waals surface area contributed by atoms with Crippen molar-refractivity contribution in [1.29, 1.82) is 0 Å². The van der Waals surface area contributed by atoms with Crippen LogP contribution in [0, 0.1) is 5.82 Å². The monoisotopic (exact) mass is 328 g/mol. The van der Waals surface area contributed by atoms with E-state index in [-0.39, 0.29) is 11.7 Å². The van der Waals surface area contributed by atoms with Crippen LogP contribution in [0.2, 0.25) is 0 Å². The number of benzene rings is 1. The van der Waals surface area contributed by atoms with Gasteiger partial charge < -0.3 is 10.2 Å². The largest absolute Gasteiger partial charge is 0.344 e. The van der Waals surface area contributed by atoms with Crippen LogP contribution in [0.25, 0.3) is 0 Å². The number of carbonyl (C=O) groups excluding carboxylic acids is 1. The Morgan fingerprint density at radius 3 is 2.95 bits per heavy atom. The van der Waals surface area contributed by atoms with Crippen LogP contribution in [-0.4, -0.2) is 37.0 Å². The van der Waals surface area contributed by atoms with Crippen LogP contribution in [0.1, 0.15) is 18.4 Å². The average molecular weight is 329 g/mol. The molecule has 1 aromatic rings. The molecule has 0 aliphatic heterocycles. The van der Waals surface area contributed by atoms with E-state index in [1.165, 1.54) is 18.9 Å². The van der Waals surface area contributed by atoms with Gasteiger partial charge in [-0.05, 0) is 43.0 Å². The van der Waals surface area contributed by atoms with Gasteiger partial charge in [-0.25, -0.2) is 4.39 Å². The number of hydrogen-bond donors (Lipinski definition) is 1. The molecule has 1 aromatic carbocycles. The quantitative estimate of drug-likeness (QED) is 0.869. The van der Waals surface area contributed by atoms with E-state index in [1.807, 2.05) is 0 Å². The molecule has 0 saturated heterocycles. The second kappa shape index (κ2) is 6.48. The van der Waals surface area contributed by atoms with E-state index in [2.05, 4.69) is 21.2 Å². The van der Waals surface area contributed by atoms with Crippen molar-refractivity contribution in [2.75, 3.05) is 20.1 Å². The van der Waals surface area contributed by atoms with E-state index in [9.17, 15) is 9.18 Å². The highest BCUT2D eigenvalue weighted by atomic mass is 79.9. The Morgan fingerprint density at radius 1 is 1.53 bits per heavy atom. The normalized spacial score (nSPS) is 14.5. The molecule has 0 aromatic heterocycles. The van der Waals surface area contributed by atoms with Crippen LogP contribution < -0.4 is 5.32 Å². The van der Waals surface area contributed by atoms with E-state index >= 15 is 0 Å². The fourth-order valence-electron chi connectivity index (χ4n) is 1.80. The zero-order valence-electron chi connectivity index (χ0n) is 11.0. The van der Waals surface area contributed by atoms with Crippen molar-refractivity contribution in [1.82, 2.24) is 10.2 Å². The minimum absolute atomic E-state index is 0.0577. The lowest BCUT2D eigenvalue weighted by Gasteiger charge is -2.17. The first kappa shape index (κ1) is 14.5. The fourth-order valence-corrected chi connectivity index (χ4v) is 2.21. The van der Waals surface area contributed by atoms with E-state index in [0.717, 1.165) is 4.47 Å². The molecule has 1 aliphatic rings. The predicted molar refractivity (Wildman–Crippen MR) is 76.5 cm³/mol. The first-order valence-corrected chi connectivity index (χ1v) is 7.27. The summed E-state index contributed by atoms with van der Waals surface area (Å²) in [5.41, 5.74) is 0.629. The number of nitrogens with one attached hydrogen (secondary N) is 1. The lowest BCUT2D eigenvalue weighted by atomic mass is 10.1. The van der Waals surface area contributed by atoms with Crippen molar-refractivity contribution in [3.8, 4) is 0 Å². The number of hydrogen-bond acceptors (Lipinski definition) is 2. The van der Waals surface area contributed by atoms with E-state index in [4.69, 9.17) is 0 Å². The van der Waals surface area contributed by atoms with Gasteiger partial charge in [-0.2, -0.15) is 0 Å². The number of rotatable bonds is 6. The molecule has 0 bridgehead atoms. The Bertz CT molecular complexity index is 463. The Balaban J connectivity index is 1.79. The van der Waals surface area contributed by atoms with Gasteiger partial charge >= 0.3 is 0 Å². The summed E-state index contributed by atoms with van der Waals surface area (Å²) in [6.07, 6.45) is 2.86. The Hall–Kier alpha value is -0.940. The molecule has 1 saturated carbocycles. The van der Waals surface area contributed by atoms with Crippen LogP contribution in [-0.2, 0) is 11.2 Å². The van der Waals surface area contributed by atoms with Crippen molar-refractivity contribution < 1.29 is 9.18 Å². The number of halogens is 2. The molecule has 1 fully saturated rings. The van der Waals surface area contributed by atoms with Crippen molar-refractivity contribution in [2.45, 2.75) is 25.3 Å². The van der Waals surface area contributed by atoms with Crippen LogP contribution in [0.15, 0.2) is 22.7 Å². The zero-order valence-corrected chi connectivity index (χ0v) is 12.5. The second-order valence-electron chi connectivity index (χ2n) is 4.96. The van der Waals surface area contributed by atoms with E-state index in [1.54, 1.807) is 24.1 Å². The third-order valence-electron chi connectivity index (χ3n) is 3.27. The number of nitrogens with zero attached hydrogens (tertiary/aromatic N) is 1. The lowest BCUT2D eigenvalue weighted by Crippen LogP contribution is -2.37. The summed E-state index contributed by atoms with van der Waals surface area (Å²) in [5.74, 6) is -0.164. The first-order chi connectivity index (χ1) is 9.06. The van der Waals surface area contributed by atoms with Gasteiger partial charge in [0.25, 0.3) is 0 Å². The third kappa shape index (κ3) is 4.58. The molecular formula is C14H18BrFN2O. The van der Waals surface area contributed by atoms with Gasteiger partial charge in [-0.1, -0.05) is 15.9 Å². The van der Waals surface area contributed by atoms with Crippen molar-refractivity contribution >= 4 is 21.8 Å². The summed E-state index contributed by atoms with van der Waals surface area (Å²) in [7, 11) is 1.76. The second-order valence-corrected chi connectivity index (χ2v) is 5.87. The molecule has 5 heteroatoms. The van der Waals surface area contributed by atoms with Gasteiger partial charge in [-0.3, -0.25) is 4.79 Å². The van der Waals surface area contributed by atoms with Gasteiger partial charge in [0.2, 0.25) is 5.91 Å². The van der Waals surface area contributed by atoms with Gasteiger partial charge in [-0.15, -0.1) is 0 Å². The van der Waals surface area contributed by atoms with Gasteiger partial charge in [0, 0.05) is 24.1 Å². The van der Waals surface area contributed by atoms with E-state index < -0.39 is 0 Å². The summed E-state index contributed by atoms with van der Waals surface area (Å²) < 4.78 is 14.4. The highest BCUT2D eigenvalue weighted by Gasteiger charge is 2.22. The van der Waals surface area contributed by atoms with Crippen molar-refractivity contribution in [2.24, 2.45) is 0 Å². The molecule has 0 atom stereocenters. The molecule has 2 rings (SSSR count). The number of amides is 1. The maximum atomic E-state index is 13.5. The summed E-state index contributed by atoms with van der Waals surface area (Å²) in [6.45, 7) is 0.903. The van der Waals surface area contributed by atoms with Crippen LogP contribution in [0.4, 0.5) is 4.39 Å². The zero-order chi connectivity index (χ0) is 13.8. The predicted octanol–water partition coefficient (Wildman–Crippen LogP) is 2.34. The first-order valence-electron chi connectivity index (χ1n) is 6.47. The van der Waals surface area contributed by atoms with E-state index in [0.29, 0.717) is 31.1 Å². The minimum Gasteiger partial charge on any atom is -0.344 e. The molecule has 1 aliphatic carbocycles. The summed E-state index contributed by atoms with van der Waals surface area (Å²) in [5, 5.41) is 3.18. The highest BCUT2D eigenvalue weighted by molar-refractivity contribution is 9.10. The third-order valence-corrected chi connectivity index (χ3v) is 3.76. The van der Waals surface area contributed by atoms with Crippen LogP contribution in [0.5, 0.6) is 0 Å². The summed E-state index contributed by atoms with van der Waals surface area (Å²) in [6, 6.07) is 5.40. The highest BCUT2D eigenvalue weighted by Crippen LogP contribution is 2.18. The van der Waals surface area contributed by atoms with Crippen LogP contribution >= 0.6 is 15.9 Å². The molecule has 19 heavy (non-hydrogen) atoms. The fraction of sp³-hybridized carbons (Fsp3) is 0.500. The maximum Gasteiger partial charge on any atom is 0.236 e. The lowest BCUT2D eigenvalue weighted by molar-refractivity contribution is -0.128. The van der Waals surface area contributed by atoms with Crippen molar-refractivity contribution in [3.63, 3.8) is 0 Å². The van der Waals surface area contributed by atoms with Crippen LogP contribution in [0.3, 0.4) is 0 Å². The minimum atomic E-state index is -0.222. The smallest absolute Gasteiger partial charge is 0.236 e. The van der Waals surface area contributed by atoms with Gasteiger partial charge in [0.05, 0.1) is 6.54 Å². The van der Waals surface area contributed by atoms with Crippen molar-refractivity contribution in [3.05, 3.63) is 34.1 Å². The molecule has 1 amide bonds. The number of carbonyl (C=O) groups is 1. The summed E-state index contributed by atoms with van der Waals surface area (Å²) in [4.78, 5) is 13.5. The molecule has 0 unspecified atom stereocenters. The topological polar surface area (TPSA) is 32.3 Å². The van der Waals surface area contributed by atoms with Gasteiger partial charge in [0.15, 0.2) is 0 Å². The SMILES string of the molecule is CN(CCc1cc(Br)ccc1F)C(=O)CNC1CC1. The molecule has 0 heterocycles. The molecule has 0 radical (unpaired) electrons. The molecule has 3 nitrogen and oxygen atoms in total. The Kier molecular flexibility index (Phi) is 4.93. The van der Waals surface area contributed by atoms with Gasteiger partial charge in [0.1, 0.15) is 5.82 Å². The Labute approximate surface area is 121 Å². The number of likely N-dealkylation sites (N-methyl/N-ethyl adjacent to an activating group) is 1. The molecular weight excluding hydrogens is 311 g/mol. The average Bonchev–Trinajstić information content (AvgIpc) is 3.20. The Morgan fingerprint density at radius 2 is 2.26 bits per heavy atom. The molecule has 0 spiro atoms. The maximum absolute atomic E-state index is 13.5. The molecule has 1 N–H and O–H groups in total. The summed E-state index contributed by atoms with van der Waals surface area (Å²) >= 11 is 3.32.